The third-order valence-corrected chi connectivity index (χ3v) is 1.27. The van der Waals surface area contributed by atoms with E-state index in [4.69, 9.17) is 5.73 Å². The van der Waals surface area contributed by atoms with Gasteiger partial charge in [-0.3, -0.25) is 0 Å². The van der Waals surface area contributed by atoms with Gasteiger partial charge < -0.3 is 5.73 Å². The molecule has 0 heterocycles. The van der Waals surface area contributed by atoms with E-state index in [-0.39, 0.29) is 0 Å². The molecule has 6 heavy (non-hydrogen) atoms. The van der Waals surface area contributed by atoms with Crippen LogP contribution in [0.25, 0.3) is 0 Å². The number of hydrogen-bond acceptors (Lipinski definition) is 1. The smallest absolute Gasteiger partial charge is 0.00441 e. The topological polar surface area (TPSA) is 26.0 Å². The second-order valence-corrected chi connectivity index (χ2v) is 2.10. The predicted molar refractivity (Wildman–Crippen MR) is 26.1 cm³/mol. The van der Waals surface area contributed by atoms with Crippen LogP contribution in [-0.2, 0) is 0 Å². The number of nitrogens with two attached hydrogens (primary N) is 1. The van der Waals surface area contributed by atoms with E-state index >= 15 is 0 Å². The van der Waals surface area contributed by atoms with Crippen molar-refractivity contribution in [2.24, 2.45) is 11.7 Å². The van der Waals surface area contributed by atoms with E-state index in [1.165, 1.54) is 0 Å². The van der Waals surface area contributed by atoms with Gasteiger partial charge in [0.25, 0.3) is 0 Å². The summed E-state index contributed by atoms with van der Waals surface area (Å²) < 4.78 is 0. The second-order valence-electron chi connectivity index (χ2n) is 2.10. The molecule has 1 nitrogen and oxygen atoms in total. The summed E-state index contributed by atoms with van der Waals surface area (Å²) in [6, 6.07) is 0.479. The lowest BCUT2D eigenvalue weighted by Gasteiger charge is -2.28. The normalized spacial score (nSPS) is 45.0. The fraction of sp³-hybridized carbons (Fsp3) is 0.800. The van der Waals surface area contributed by atoms with Crippen LogP contribution in [0.15, 0.2) is 0 Å². The van der Waals surface area contributed by atoms with Crippen LogP contribution in [0, 0.1) is 12.8 Å². The first kappa shape index (κ1) is 4.13. The lowest BCUT2D eigenvalue weighted by molar-refractivity contribution is 0.321. The zero-order valence-corrected chi connectivity index (χ0v) is 3.85. The van der Waals surface area contributed by atoms with Crippen molar-refractivity contribution >= 4 is 0 Å². The molecule has 1 radical (unpaired) electrons. The molecule has 1 aliphatic rings. The molecule has 35 valence electrons. The van der Waals surface area contributed by atoms with E-state index in [9.17, 15) is 0 Å². The average Bonchev–Trinajstić information content (AvgIpc) is 1.33. The monoisotopic (exact) mass is 84.1 g/mol. The quantitative estimate of drug-likeness (QED) is 0.456. The van der Waals surface area contributed by atoms with Gasteiger partial charge in [0.05, 0.1) is 0 Å². The van der Waals surface area contributed by atoms with Crippen molar-refractivity contribution in [2.75, 3.05) is 0 Å². The summed E-state index contributed by atoms with van der Waals surface area (Å²) in [6.45, 7) is 3.81. The maximum Gasteiger partial charge on any atom is 0.00441 e. The third kappa shape index (κ3) is 0.548. The minimum absolute atomic E-state index is 0.479. The van der Waals surface area contributed by atoms with Gasteiger partial charge in [-0.05, 0) is 18.8 Å². The molecule has 1 heteroatoms. The standard InChI is InChI=1S/C5H10N/c1-4-2-5(6)3-4/h4-5H,1-3,6H2/t4-,5-. The summed E-state index contributed by atoms with van der Waals surface area (Å²) >= 11 is 0. The molecule has 0 saturated heterocycles. The summed E-state index contributed by atoms with van der Waals surface area (Å²) in [5.41, 5.74) is 5.43. The summed E-state index contributed by atoms with van der Waals surface area (Å²) in [7, 11) is 0. The Balaban J connectivity index is 2.11. The summed E-state index contributed by atoms with van der Waals surface area (Å²) in [6.07, 6.45) is 2.28. The fourth-order valence-electron chi connectivity index (χ4n) is 0.787. The van der Waals surface area contributed by atoms with Gasteiger partial charge in [0, 0.05) is 6.04 Å². The van der Waals surface area contributed by atoms with Crippen molar-refractivity contribution in [1.82, 2.24) is 0 Å². The highest BCUT2D eigenvalue weighted by Crippen LogP contribution is 2.23. The van der Waals surface area contributed by atoms with Crippen molar-refractivity contribution in [3.05, 3.63) is 6.92 Å². The van der Waals surface area contributed by atoms with Crippen molar-refractivity contribution in [3.8, 4) is 0 Å². The molecule has 0 aromatic rings. The Labute approximate surface area is 38.5 Å². The Morgan fingerprint density at radius 3 is 2.00 bits per heavy atom. The van der Waals surface area contributed by atoms with Gasteiger partial charge in [0.2, 0.25) is 0 Å². The predicted octanol–water partition coefficient (Wildman–Crippen LogP) is 0.558. The van der Waals surface area contributed by atoms with E-state index in [0.29, 0.717) is 12.0 Å². The van der Waals surface area contributed by atoms with Crippen LogP contribution in [0.5, 0.6) is 0 Å². The van der Waals surface area contributed by atoms with E-state index < -0.39 is 0 Å². The van der Waals surface area contributed by atoms with Gasteiger partial charge in [0.15, 0.2) is 0 Å². The molecule has 1 aliphatic carbocycles. The van der Waals surface area contributed by atoms with E-state index in [2.05, 4.69) is 6.92 Å². The Kier molecular flexibility index (Phi) is 0.845. The largest absolute Gasteiger partial charge is 0.328 e. The molecule has 0 amide bonds. The first-order valence-corrected chi connectivity index (χ1v) is 2.37. The molecule has 1 fully saturated rings. The van der Waals surface area contributed by atoms with E-state index in [1.807, 2.05) is 0 Å². The van der Waals surface area contributed by atoms with Crippen molar-refractivity contribution in [2.45, 2.75) is 18.9 Å². The van der Waals surface area contributed by atoms with E-state index in [0.717, 1.165) is 12.8 Å². The molecule has 1 saturated carbocycles. The molecule has 2 N–H and O–H groups in total. The van der Waals surface area contributed by atoms with Crippen LogP contribution in [0.3, 0.4) is 0 Å². The highest BCUT2D eigenvalue weighted by atomic mass is 14.7. The number of hydrogen-bond donors (Lipinski definition) is 1. The van der Waals surface area contributed by atoms with E-state index in [1.54, 1.807) is 0 Å². The SMILES string of the molecule is [CH2][C@H]1C[C@H](N)C1. The van der Waals surface area contributed by atoms with Crippen LogP contribution in [0.2, 0.25) is 0 Å². The first-order chi connectivity index (χ1) is 2.79. The maximum absolute atomic E-state index is 5.43. The van der Waals surface area contributed by atoms with Crippen LogP contribution in [0.1, 0.15) is 12.8 Å². The summed E-state index contributed by atoms with van der Waals surface area (Å²) in [5, 5.41) is 0. The molecule has 0 aromatic heterocycles. The molecular formula is C5H10N. The lowest BCUT2D eigenvalue weighted by atomic mass is 9.83. The zero-order valence-electron chi connectivity index (χ0n) is 3.85. The Morgan fingerprint density at radius 2 is 2.00 bits per heavy atom. The van der Waals surface area contributed by atoms with Gasteiger partial charge in [-0.15, -0.1) is 0 Å². The van der Waals surface area contributed by atoms with Crippen molar-refractivity contribution in [3.63, 3.8) is 0 Å². The van der Waals surface area contributed by atoms with Gasteiger partial charge >= 0.3 is 0 Å². The van der Waals surface area contributed by atoms with Crippen LogP contribution >= 0.6 is 0 Å². The Hall–Kier alpha value is -0.0400. The maximum atomic E-state index is 5.43. The summed E-state index contributed by atoms with van der Waals surface area (Å²) in [4.78, 5) is 0. The fourth-order valence-corrected chi connectivity index (χ4v) is 0.787. The minimum Gasteiger partial charge on any atom is -0.328 e. The molecule has 0 bridgehead atoms. The number of rotatable bonds is 0. The molecule has 0 atom stereocenters. The zero-order chi connectivity index (χ0) is 4.57. The minimum atomic E-state index is 0.479. The average molecular weight is 84.1 g/mol. The van der Waals surface area contributed by atoms with Crippen LogP contribution in [0.4, 0.5) is 0 Å². The molecule has 0 unspecified atom stereocenters. The third-order valence-electron chi connectivity index (χ3n) is 1.27. The van der Waals surface area contributed by atoms with Crippen LogP contribution < -0.4 is 5.73 Å². The molecule has 0 aliphatic heterocycles. The molecule has 0 spiro atoms. The first-order valence-electron chi connectivity index (χ1n) is 2.37. The molecular weight excluding hydrogens is 74.1 g/mol. The molecule has 0 aromatic carbocycles. The van der Waals surface area contributed by atoms with Gasteiger partial charge in [-0.1, -0.05) is 6.92 Å². The Morgan fingerprint density at radius 1 is 1.50 bits per heavy atom. The van der Waals surface area contributed by atoms with Gasteiger partial charge in [0.1, 0.15) is 0 Å². The summed E-state index contributed by atoms with van der Waals surface area (Å²) in [5.74, 6) is 0.667. The molecule has 1 rings (SSSR count). The van der Waals surface area contributed by atoms with Crippen LogP contribution in [-0.4, -0.2) is 6.04 Å². The van der Waals surface area contributed by atoms with Crippen molar-refractivity contribution in [1.29, 1.82) is 0 Å². The van der Waals surface area contributed by atoms with Gasteiger partial charge in [-0.25, -0.2) is 0 Å². The Bertz CT molecular complexity index is 39.9. The second kappa shape index (κ2) is 1.23. The van der Waals surface area contributed by atoms with Crippen molar-refractivity contribution < 1.29 is 0 Å². The highest BCUT2D eigenvalue weighted by Gasteiger charge is 2.20. The van der Waals surface area contributed by atoms with Gasteiger partial charge in [-0.2, -0.15) is 0 Å². The lowest BCUT2D eigenvalue weighted by Crippen LogP contribution is -2.34. The highest BCUT2D eigenvalue weighted by molar-refractivity contribution is 4.82.